The van der Waals surface area contributed by atoms with Crippen LogP contribution in [0.4, 0.5) is 0 Å². The van der Waals surface area contributed by atoms with Gasteiger partial charge in [0, 0.05) is 34.7 Å². The number of fused-ring (bicyclic) bond motifs is 3. The third-order valence-electron chi connectivity index (χ3n) is 3.66. The fourth-order valence-corrected chi connectivity index (χ4v) is 2.90. The number of aryl methyl sites for hydroxylation is 2. The van der Waals surface area contributed by atoms with E-state index in [0.717, 1.165) is 38.9 Å². The molecule has 104 valence electrons. The Labute approximate surface area is 125 Å². The molecule has 0 amide bonds. The first kappa shape index (κ1) is 12.3. The van der Waals surface area contributed by atoms with Gasteiger partial charge in [-0.1, -0.05) is 16.8 Å². The van der Waals surface area contributed by atoms with Gasteiger partial charge in [0.15, 0.2) is 0 Å². The lowest BCUT2D eigenvalue weighted by Crippen LogP contribution is -1.95. The van der Waals surface area contributed by atoms with E-state index in [1.54, 1.807) is 4.68 Å². The minimum atomic E-state index is 0.709. The zero-order valence-corrected chi connectivity index (χ0v) is 12.3. The predicted molar refractivity (Wildman–Crippen MR) is 83.3 cm³/mol. The highest BCUT2D eigenvalue weighted by atomic mass is 35.5. The predicted octanol–water partition coefficient (Wildman–Crippen LogP) is 3.47. The Bertz CT molecular complexity index is 963. The topological polar surface area (TPSA) is 59.4 Å². The summed E-state index contributed by atoms with van der Waals surface area (Å²) in [5.74, 6) is 0. The number of benzene rings is 1. The second kappa shape index (κ2) is 4.30. The van der Waals surface area contributed by atoms with Crippen LogP contribution in [0.25, 0.3) is 33.2 Å². The highest BCUT2D eigenvalue weighted by Gasteiger charge is 2.12. The van der Waals surface area contributed by atoms with E-state index in [9.17, 15) is 0 Å². The molecule has 0 unspecified atom stereocenters. The molecule has 21 heavy (non-hydrogen) atoms. The molecule has 0 bridgehead atoms. The highest BCUT2D eigenvalue weighted by molar-refractivity contribution is 6.31. The molecule has 0 saturated carbocycles. The Morgan fingerprint density at radius 3 is 2.81 bits per heavy atom. The quantitative estimate of drug-likeness (QED) is 0.585. The number of pyridine rings is 1. The van der Waals surface area contributed by atoms with Crippen LogP contribution in [0.15, 0.2) is 30.5 Å². The monoisotopic (exact) mass is 297 g/mol. The highest BCUT2D eigenvalue weighted by Crippen LogP contribution is 2.29. The summed E-state index contributed by atoms with van der Waals surface area (Å²) in [6.07, 6.45) is 1.86. The fourth-order valence-electron chi connectivity index (χ4n) is 2.73. The van der Waals surface area contributed by atoms with Crippen LogP contribution in [-0.2, 0) is 7.05 Å². The molecular formula is C15H12ClN5. The zero-order chi connectivity index (χ0) is 14.6. The number of halogens is 1. The van der Waals surface area contributed by atoms with Crippen molar-refractivity contribution < 1.29 is 0 Å². The molecular weight excluding hydrogens is 286 g/mol. The van der Waals surface area contributed by atoms with Gasteiger partial charge >= 0.3 is 0 Å². The van der Waals surface area contributed by atoms with Crippen LogP contribution in [-0.4, -0.2) is 25.0 Å². The maximum absolute atomic E-state index is 6.04. The molecule has 3 heterocycles. The summed E-state index contributed by atoms with van der Waals surface area (Å²) in [5, 5.41) is 9.90. The van der Waals surface area contributed by atoms with Gasteiger partial charge < -0.3 is 4.98 Å². The molecule has 0 aliphatic carbocycles. The van der Waals surface area contributed by atoms with Crippen molar-refractivity contribution in [1.82, 2.24) is 25.0 Å². The molecule has 3 aromatic heterocycles. The van der Waals surface area contributed by atoms with Crippen molar-refractivity contribution in [1.29, 1.82) is 0 Å². The van der Waals surface area contributed by atoms with E-state index < -0.39 is 0 Å². The minimum absolute atomic E-state index is 0.709. The van der Waals surface area contributed by atoms with Crippen molar-refractivity contribution in [3.8, 4) is 11.3 Å². The van der Waals surface area contributed by atoms with Gasteiger partial charge in [-0.15, -0.1) is 5.10 Å². The lowest BCUT2D eigenvalue weighted by Gasteiger charge is -2.02. The summed E-state index contributed by atoms with van der Waals surface area (Å²) in [6.45, 7) is 1.94. The molecule has 0 aliphatic rings. The van der Waals surface area contributed by atoms with Crippen LogP contribution in [0.3, 0.4) is 0 Å². The van der Waals surface area contributed by atoms with Gasteiger partial charge in [0.25, 0.3) is 0 Å². The first-order chi connectivity index (χ1) is 10.1. The van der Waals surface area contributed by atoms with Crippen LogP contribution in [0.2, 0.25) is 5.02 Å². The number of rotatable bonds is 1. The minimum Gasteiger partial charge on any atom is -0.353 e. The van der Waals surface area contributed by atoms with Crippen molar-refractivity contribution >= 4 is 33.5 Å². The van der Waals surface area contributed by atoms with Crippen LogP contribution in [0, 0.1) is 6.92 Å². The van der Waals surface area contributed by atoms with E-state index >= 15 is 0 Å². The number of hydrogen-bond donors (Lipinski definition) is 1. The first-order valence-corrected chi connectivity index (χ1v) is 6.95. The van der Waals surface area contributed by atoms with Gasteiger partial charge in [-0.05, 0) is 31.2 Å². The number of hydrogen-bond acceptors (Lipinski definition) is 3. The summed E-state index contributed by atoms with van der Waals surface area (Å²) >= 11 is 6.04. The summed E-state index contributed by atoms with van der Waals surface area (Å²) < 4.78 is 1.76. The van der Waals surface area contributed by atoms with Crippen molar-refractivity contribution in [3.63, 3.8) is 0 Å². The Hall–Kier alpha value is -2.40. The van der Waals surface area contributed by atoms with Gasteiger partial charge in [0.05, 0.1) is 22.4 Å². The van der Waals surface area contributed by atoms with Gasteiger partial charge in [-0.25, -0.2) is 4.68 Å². The second-order valence-electron chi connectivity index (χ2n) is 5.08. The van der Waals surface area contributed by atoms with Crippen LogP contribution in [0.5, 0.6) is 0 Å². The van der Waals surface area contributed by atoms with Gasteiger partial charge in [-0.2, -0.15) is 0 Å². The molecule has 1 N–H and O–H groups in total. The summed E-state index contributed by atoms with van der Waals surface area (Å²) in [7, 11) is 1.88. The van der Waals surface area contributed by atoms with Gasteiger partial charge in [0.2, 0.25) is 0 Å². The van der Waals surface area contributed by atoms with Gasteiger partial charge in [-0.3, -0.25) is 4.98 Å². The Balaban J connectivity index is 2.00. The maximum atomic E-state index is 6.04. The lowest BCUT2D eigenvalue weighted by atomic mass is 10.1. The Kier molecular flexibility index (Phi) is 2.53. The molecule has 4 rings (SSSR count). The van der Waals surface area contributed by atoms with E-state index in [4.69, 9.17) is 11.6 Å². The van der Waals surface area contributed by atoms with E-state index in [2.05, 4.69) is 26.3 Å². The molecule has 5 nitrogen and oxygen atoms in total. The summed E-state index contributed by atoms with van der Waals surface area (Å²) in [4.78, 5) is 7.96. The zero-order valence-electron chi connectivity index (χ0n) is 11.6. The van der Waals surface area contributed by atoms with E-state index in [1.165, 1.54) is 0 Å². The third kappa shape index (κ3) is 1.81. The number of aromatic amines is 1. The molecule has 6 heteroatoms. The summed E-state index contributed by atoms with van der Waals surface area (Å²) in [5.41, 5.74) is 5.76. The lowest BCUT2D eigenvalue weighted by molar-refractivity contribution is 0.719. The Morgan fingerprint density at radius 1 is 1.19 bits per heavy atom. The molecule has 0 fully saturated rings. The summed E-state index contributed by atoms with van der Waals surface area (Å²) in [6, 6.07) is 7.85. The number of aromatic nitrogens is 5. The second-order valence-corrected chi connectivity index (χ2v) is 5.52. The van der Waals surface area contributed by atoms with Crippen LogP contribution < -0.4 is 0 Å². The standard InChI is InChI=1S/C15H12ClN5/c1-8-15(21(2)20-19-8)9-5-13-14(17-7-9)11-4-3-10(16)6-12(11)18-13/h3-7,18H,1-2H3. The average Bonchev–Trinajstić information content (AvgIpc) is 2.97. The largest absolute Gasteiger partial charge is 0.353 e. The maximum Gasteiger partial charge on any atom is 0.0958 e. The van der Waals surface area contributed by atoms with Crippen molar-refractivity contribution in [2.75, 3.05) is 0 Å². The average molecular weight is 298 g/mol. The number of H-pyrrole nitrogens is 1. The smallest absolute Gasteiger partial charge is 0.0958 e. The van der Waals surface area contributed by atoms with Crippen LogP contribution in [0.1, 0.15) is 5.69 Å². The molecule has 0 aliphatic heterocycles. The van der Waals surface area contributed by atoms with E-state index in [-0.39, 0.29) is 0 Å². The molecule has 0 atom stereocenters. The van der Waals surface area contributed by atoms with Gasteiger partial charge in [0.1, 0.15) is 0 Å². The molecule has 0 radical (unpaired) electrons. The van der Waals surface area contributed by atoms with Crippen molar-refractivity contribution in [3.05, 3.63) is 41.2 Å². The van der Waals surface area contributed by atoms with E-state index in [1.807, 2.05) is 38.4 Å². The molecule has 4 aromatic rings. The molecule has 0 spiro atoms. The van der Waals surface area contributed by atoms with E-state index in [0.29, 0.717) is 5.02 Å². The third-order valence-corrected chi connectivity index (χ3v) is 3.90. The first-order valence-electron chi connectivity index (χ1n) is 6.57. The van der Waals surface area contributed by atoms with Crippen molar-refractivity contribution in [2.24, 2.45) is 7.05 Å². The molecule has 1 aromatic carbocycles. The normalized spacial score (nSPS) is 11.6. The number of nitrogens with one attached hydrogen (secondary N) is 1. The Morgan fingerprint density at radius 2 is 2.05 bits per heavy atom. The number of nitrogens with zero attached hydrogens (tertiary/aromatic N) is 4. The molecule has 0 saturated heterocycles. The van der Waals surface area contributed by atoms with Crippen molar-refractivity contribution in [2.45, 2.75) is 6.92 Å². The van der Waals surface area contributed by atoms with Crippen LogP contribution >= 0.6 is 11.6 Å². The SMILES string of the molecule is Cc1nnn(C)c1-c1cnc2c(c1)[nH]c1cc(Cl)ccc12. The fraction of sp³-hybridized carbons (Fsp3) is 0.133.